The van der Waals surface area contributed by atoms with Gasteiger partial charge in [0, 0.05) is 23.3 Å². The van der Waals surface area contributed by atoms with Gasteiger partial charge in [0.15, 0.2) is 0 Å². The van der Waals surface area contributed by atoms with Crippen molar-refractivity contribution in [3.63, 3.8) is 0 Å². The molecular weight excluding hydrogens is 356 g/mol. The van der Waals surface area contributed by atoms with Crippen LogP contribution in [0.1, 0.15) is 43.1 Å². The van der Waals surface area contributed by atoms with Gasteiger partial charge in [-0.05, 0) is 18.2 Å². The number of carbonyl (C=O) groups is 1. The van der Waals surface area contributed by atoms with E-state index in [1.165, 1.54) is 0 Å². The first-order valence-corrected chi connectivity index (χ1v) is 9.28. The van der Waals surface area contributed by atoms with Crippen LogP contribution in [0.5, 0.6) is 5.75 Å². The number of hydrogen-bond donors (Lipinski definition) is 1. The molecule has 4 aromatic rings. The summed E-state index contributed by atoms with van der Waals surface area (Å²) in [4.78, 5) is 24.8. The average molecular weight is 376 g/mol. The molecule has 0 saturated carbocycles. The van der Waals surface area contributed by atoms with Crippen LogP contribution < -0.4 is 5.63 Å². The van der Waals surface area contributed by atoms with Crippen molar-refractivity contribution in [2.24, 2.45) is 0 Å². The third kappa shape index (κ3) is 2.89. The molecule has 0 saturated heterocycles. The first-order valence-electron chi connectivity index (χ1n) is 9.28. The second kappa shape index (κ2) is 7.00. The summed E-state index contributed by atoms with van der Waals surface area (Å²) in [5.74, 6) is -0.0451. The average Bonchev–Trinajstić information content (AvgIpc) is 3.05. The number of ketones is 1. The Morgan fingerprint density at radius 1 is 0.964 bits per heavy atom. The highest BCUT2D eigenvalue weighted by Gasteiger charge is 2.27. The van der Waals surface area contributed by atoms with Crippen molar-refractivity contribution in [3.8, 4) is 5.75 Å². The molecular formula is C23H20O5. The lowest BCUT2D eigenvalue weighted by Gasteiger charge is -2.14. The molecule has 1 unspecified atom stereocenters. The van der Waals surface area contributed by atoms with Crippen molar-refractivity contribution in [2.75, 3.05) is 0 Å². The van der Waals surface area contributed by atoms with Gasteiger partial charge in [-0.2, -0.15) is 0 Å². The summed E-state index contributed by atoms with van der Waals surface area (Å²) in [6, 6.07) is 14.3. The van der Waals surface area contributed by atoms with E-state index in [9.17, 15) is 14.7 Å². The van der Waals surface area contributed by atoms with Gasteiger partial charge >= 0.3 is 5.63 Å². The van der Waals surface area contributed by atoms with E-state index >= 15 is 0 Å². The Bertz CT molecular complexity index is 1250. The molecule has 5 nitrogen and oxygen atoms in total. The molecule has 0 aliphatic carbocycles. The minimum Gasteiger partial charge on any atom is -0.507 e. The van der Waals surface area contributed by atoms with Gasteiger partial charge < -0.3 is 13.9 Å². The van der Waals surface area contributed by atoms with Gasteiger partial charge in [-0.15, -0.1) is 0 Å². The van der Waals surface area contributed by atoms with E-state index in [2.05, 4.69) is 0 Å². The van der Waals surface area contributed by atoms with Gasteiger partial charge in [-0.1, -0.05) is 44.2 Å². The summed E-state index contributed by atoms with van der Waals surface area (Å²) in [6.45, 7) is 3.62. The second-order valence-electron chi connectivity index (χ2n) is 6.87. The Morgan fingerprint density at radius 2 is 1.57 bits per heavy atom. The van der Waals surface area contributed by atoms with E-state index in [1.54, 1.807) is 31.2 Å². The van der Waals surface area contributed by atoms with Crippen LogP contribution in [-0.4, -0.2) is 10.9 Å². The second-order valence-corrected chi connectivity index (χ2v) is 6.87. The minimum absolute atomic E-state index is 0.0438. The first-order chi connectivity index (χ1) is 13.5. The SMILES string of the molecule is CCC(=O)Cc1oc2ccccc2c1C(C)c1c(O)c2ccccc2oc1=O. The third-order valence-corrected chi connectivity index (χ3v) is 5.15. The lowest BCUT2D eigenvalue weighted by molar-refractivity contribution is -0.118. The monoisotopic (exact) mass is 376 g/mol. The maximum atomic E-state index is 12.7. The highest BCUT2D eigenvalue weighted by molar-refractivity contribution is 5.88. The topological polar surface area (TPSA) is 80.7 Å². The lowest BCUT2D eigenvalue weighted by atomic mass is 9.89. The number of aromatic hydroxyl groups is 1. The van der Waals surface area contributed by atoms with E-state index in [-0.39, 0.29) is 23.5 Å². The number of hydrogen-bond acceptors (Lipinski definition) is 5. The van der Waals surface area contributed by atoms with E-state index in [0.717, 1.165) is 10.9 Å². The zero-order valence-electron chi connectivity index (χ0n) is 15.7. The predicted molar refractivity (Wildman–Crippen MR) is 107 cm³/mol. The lowest BCUT2D eigenvalue weighted by Crippen LogP contribution is -2.13. The molecule has 28 heavy (non-hydrogen) atoms. The zero-order chi connectivity index (χ0) is 19.8. The fraction of sp³-hybridized carbons (Fsp3) is 0.217. The smallest absolute Gasteiger partial charge is 0.343 e. The maximum absolute atomic E-state index is 12.7. The summed E-state index contributed by atoms with van der Waals surface area (Å²) < 4.78 is 11.4. The number of Topliss-reactive ketones (excluding diaryl/α,β-unsaturated/α-hetero) is 1. The Kier molecular flexibility index (Phi) is 4.51. The number of para-hydroxylation sites is 2. The van der Waals surface area contributed by atoms with Crippen molar-refractivity contribution >= 4 is 27.7 Å². The molecule has 0 aliphatic heterocycles. The number of benzene rings is 2. The summed E-state index contributed by atoms with van der Waals surface area (Å²) >= 11 is 0. The van der Waals surface area contributed by atoms with Gasteiger partial charge in [-0.25, -0.2) is 4.79 Å². The normalized spacial score (nSPS) is 12.5. The largest absolute Gasteiger partial charge is 0.507 e. The van der Waals surface area contributed by atoms with Gasteiger partial charge in [0.25, 0.3) is 0 Å². The van der Waals surface area contributed by atoms with Crippen LogP contribution >= 0.6 is 0 Å². The Hall–Kier alpha value is -3.34. The standard InChI is InChI=1S/C23H20O5/c1-3-14(24)12-19-20(15-8-4-6-10-17(15)27-19)13(2)21-22(25)16-9-5-7-11-18(16)28-23(21)26/h4-11,13,25H,3,12H2,1-2H3. The van der Waals surface area contributed by atoms with Crippen LogP contribution in [0.15, 0.2) is 62.2 Å². The van der Waals surface area contributed by atoms with Crippen LogP contribution in [0.3, 0.4) is 0 Å². The molecule has 2 aromatic carbocycles. The van der Waals surface area contributed by atoms with E-state index in [0.29, 0.717) is 28.7 Å². The van der Waals surface area contributed by atoms with E-state index < -0.39 is 11.5 Å². The Morgan fingerprint density at radius 3 is 2.25 bits per heavy atom. The van der Waals surface area contributed by atoms with Crippen LogP contribution in [-0.2, 0) is 11.2 Å². The molecule has 0 fully saturated rings. The number of carbonyl (C=O) groups excluding carboxylic acids is 1. The van der Waals surface area contributed by atoms with Crippen LogP contribution in [0.25, 0.3) is 21.9 Å². The van der Waals surface area contributed by atoms with Crippen LogP contribution in [0.4, 0.5) is 0 Å². The summed E-state index contributed by atoms with van der Waals surface area (Å²) in [5.41, 5.74) is 1.28. The third-order valence-electron chi connectivity index (χ3n) is 5.15. The molecule has 142 valence electrons. The molecule has 2 heterocycles. The summed E-state index contributed by atoms with van der Waals surface area (Å²) in [6.07, 6.45) is 0.540. The van der Waals surface area contributed by atoms with Crippen LogP contribution in [0, 0.1) is 0 Å². The molecule has 1 atom stereocenters. The Balaban J connectivity index is 1.96. The van der Waals surface area contributed by atoms with Crippen molar-refractivity contribution < 1.29 is 18.7 Å². The molecule has 2 aromatic heterocycles. The fourth-order valence-corrected chi connectivity index (χ4v) is 3.70. The number of furan rings is 1. The van der Waals surface area contributed by atoms with Crippen molar-refractivity contribution in [3.05, 3.63) is 75.8 Å². The zero-order valence-corrected chi connectivity index (χ0v) is 15.7. The number of rotatable bonds is 5. The highest BCUT2D eigenvalue weighted by atomic mass is 16.4. The molecule has 0 spiro atoms. The number of fused-ring (bicyclic) bond motifs is 2. The minimum atomic E-state index is -0.596. The van der Waals surface area contributed by atoms with Crippen molar-refractivity contribution in [2.45, 2.75) is 32.6 Å². The van der Waals surface area contributed by atoms with Crippen molar-refractivity contribution in [1.29, 1.82) is 0 Å². The van der Waals surface area contributed by atoms with Gasteiger partial charge in [-0.3, -0.25) is 4.79 Å². The molecule has 0 aliphatic rings. The maximum Gasteiger partial charge on any atom is 0.343 e. The van der Waals surface area contributed by atoms with Crippen LogP contribution in [0.2, 0.25) is 0 Å². The van der Waals surface area contributed by atoms with Gasteiger partial charge in [0.2, 0.25) is 0 Å². The summed E-state index contributed by atoms with van der Waals surface area (Å²) in [5, 5.41) is 12.1. The molecule has 1 N–H and O–H groups in total. The molecule has 0 bridgehead atoms. The quantitative estimate of drug-likeness (QED) is 0.500. The Labute approximate surface area is 161 Å². The van der Waals surface area contributed by atoms with Gasteiger partial charge in [0.05, 0.1) is 17.4 Å². The summed E-state index contributed by atoms with van der Waals surface area (Å²) in [7, 11) is 0. The van der Waals surface area contributed by atoms with Crippen molar-refractivity contribution in [1.82, 2.24) is 0 Å². The highest BCUT2D eigenvalue weighted by Crippen LogP contribution is 2.39. The van der Waals surface area contributed by atoms with E-state index in [4.69, 9.17) is 8.83 Å². The first kappa shape index (κ1) is 18.0. The van der Waals surface area contributed by atoms with E-state index in [1.807, 2.05) is 31.2 Å². The van der Waals surface area contributed by atoms with Gasteiger partial charge in [0.1, 0.15) is 28.5 Å². The molecule has 4 rings (SSSR count). The molecule has 0 amide bonds. The predicted octanol–water partition coefficient (Wildman–Crippen LogP) is 4.92. The molecule has 5 heteroatoms. The molecule has 0 radical (unpaired) electrons. The fourth-order valence-electron chi connectivity index (χ4n) is 3.70.